The van der Waals surface area contributed by atoms with E-state index in [4.69, 9.17) is 0 Å². The van der Waals surface area contributed by atoms with Gasteiger partial charge in [0.05, 0.1) is 0 Å². The van der Waals surface area contributed by atoms with Crippen LogP contribution in [0, 0.1) is 0 Å². The first-order valence-electron chi connectivity index (χ1n) is 0. The van der Waals surface area contributed by atoms with Crippen molar-refractivity contribution in [3.8, 4) is 0 Å². The van der Waals surface area contributed by atoms with Gasteiger partial charge in [0.15, 0.2) is 0 Å². The van der Waals surface area contributed by atoms with Crippen LogP contribution in [-0.2, 0) is 19.5 Å². The molecule has 0 saturated carbocycles. The normalized spacial score (nSPS) is 0. The summed E-state index contributed by atoms with van der Waals surface area (Å²) in [6.45, 7) is 0. The molecule has 0 radical (unpaired) electrons. The predicted molar refractivity (Wildman–Crippen MR) is 7.23 cm³/mol. The van der Waals surface area contributed by atoms with Crippen molar-refractivity contribution < 1.29 is 55.2 Å². The van der Waals surface area contributed by atoms with Crippen molar-refractivity contribution in [1.82, 2.24) is 0 Å². The van der Waals surface area contributed by atoms with Gasteiger partial charge in [0.1, 0.15) is 0 Å². The van der Waals surface area contributed by atoms with E-state index in [1.165, 1.54) is 0 Å². The van der Waals surface area contributed by atoms with E-state index in [2.05, 4.69) is 0 Å². The number of rotatable bonds is 0. The minimum absolute atomic E-state index is 0. The van der Waals surface area contributed by atoms with E-state index in [0.29, 0.717) is 0 Å². The number of halogens is 2. The fourth-order valence-corrected chi connectivity index (χ4v) is 0. The van der Waals surface area contributed by atoms with Crippen LogP contribution in [-0.4, -0.2) is 11.0 Å². The summed E-state index contributed by atoms with van der Waals surface area (Å²) in [6.07, 6.45) is 0. The van der Waals surface area contributed by atoms with Crippen molar-refractivity contribution in [2.75, 3.05) is 0 Å². The van der Waals surface area contributed by atoms with E-state index in [1.807, 2.05) is 0 Å². The Morgan fingerprint density at radius 1 is 0.600 bits per heavy atom. The first-order valence-corrected chi connectivity index (χ1v) is 0. The van der Waals surface area contributed by atoms with Gasteiger partial charge in [-0.2, -0.15) is 0 Å². The Bertz CT molecular complexity index is 7.61. The van der Waals surface area contributed by atoms with Crippen LogP contribution < -0.4 is 24.8 Å². The van der Waals surface area contributed by atoms with E-state index in [-0.39, 0.29) is 55.2 Å². The Morgan fingerprint density at radius 2 is 0.600 bits per heavy atom. The quantitative estimate of drug-likeness (QED) is 0.326. The Labute approximate surface area is 55.5 Å². The Kier molecular flexibility index (Phi) is 1760. The summed E-state index contributed by atoms with van der Waals surface area (Å²) in [6, 6.07) is 0. The molecule has 0 aliphatic rings. The minimum atomic E-state index is 0. The summed E-state index contributed by atoms with van der Waals surface area (Å²) in [7, 11) is 0. The molecule has 0 atom stereocenters. The van der Waals surface area contributed by atoms with Crippen molar-refractivity contribution in [3.05, 3.63) is 0 Å². The largest absolute Gasteiger partial charge is 2.00 e. The second kappa shape index (κ2) is 69.0. The third-order valence-corrected chi connectivity index (χ3v) is 0. The summed E-state index contributed by atoms with van der Waals surface area (Å²) in [4.78, 5) is 0. The van der Waals surface area contributed by atoms with Crippen LogP contribution >= 0.6 is 0 Å². The van der Waals surface area contributed by atoms with Gasteiger partial charge in [0, 0.05) is 0 Å². The molecule has 0 aromatic carbocycles. The molecule has 0 aliphatic heterocycles. The molecule has 0 spiro atoms. The summed E-state index contributed by atoms with van der Waals surface area (Å²) in [5.74, 6) is 0. The van der Waals surface area contributed by atoms with Crippen molar-refractivity contribution >= 4 is 0 Å². The van der Waals surface area contributed by atoms with E-state index < -0.39 is 0 Å². The second-order valence-electron chi connectivity index (χ2n) is 0. The molecule has 0 aromatic rings. The van der Waals surface area contributed by atoms with E-state index in [9.17, 15) is 0 Å². The van der Waals surface area contributed by atoms with Crippen LogP contribution in [0.5, 0.6) is 0 Å². The van der Waals surface area contributed by atoms with E-state index in [0.717, 1.165) is 0 Å². The number of hydrogen-bond acceptors (Lipinski definition) is 0. The number of hydrogen-bond donors (Lipinski definition) is 0. The van der Waals surface area contributed by atoms with Crippen molar-refractivity contribution in [3.63, 3.8) is 0 Å². The molecule has 0 heterocycles. The van der Waals surface area contributed by atoms with Crippen LogP contribution in [0.2, 0.25) is 0 Å². The average molecular weight is 172 g/mol. The zero-order chi connectivity index (χ0) is 0. The van der Waals surface area contributed by atoms with Crippen molar-refractivity contribution in [2.24, 2.45) is 0 Å². The van der Waals surface area contributed by atoms with Gasteiger partial charge in [0.25, 0.3) is 0 Å². The molecule has 0 bridgehead atoms. The molecule has 0 unspecified atom stereocenters. The Morgan fingerprint density at radius 3 is 0.600 bits per heavy atom. The van der Waals surface area contributed by atoms with Gasteiger partial charge in [-0.3, -0.25) is 0 Å². The third-order valence-electron chi connectivity index (χ3n) is 0. The van der Waals surface area contributed by atoms with Gasteiger partial charge in [0.2, 0.25) is 0 Å². The van der Waals surface area contributed by atoms with Gasteiger partial charge in [-0.15, -0.1) is 0 Å². The third kappa shape index (κ3) is 39.6. The van der Waals surface area contributed by atoms with Crippen LogP contribution in [0.25, 0.3) is 0 Å². The molecular formula is H4Cl2O2Zn. The topological polar surface area (TPSA) is 63.0 Å². The zero-order valence-corrected chi connectivity index (χ0v) is 6.94. The molecule has 4 N–H and O–H groups in total. The van der Waals surface area contributed by atoms with Gasteiger partial charge >= 0.3 is 19.5 Å². The van der Waals surface area contributed by atoms with Gasteiger partial charge < -0.3 is 35.8 Å². The summed E-state index contributed by atoms with van der Waals surface area (Å²) >= 11 is 0. The fraction of sp³-hybridized carbons (Fsp3) is 0. The average Bonchev–Trinajstić information content (AvgIpc) is 0. The molecule has 0 rings (SSSR count). The Balaban J connectivity index is 0. The maximum Gasteiger partial charge on any atom is 2.00 e. The maximum absolute atomic E-state index is 0. The summed E-state index contributed by atoms with van der Waals surface area (Å²) in [5.41, 5.74) is 0. The molecular weight excluding hydrogens is 168 g/mol. The maximum atomic E-state index is 0. The van der Waals surface area contributed by atoms with E-state index >= 15 is 0 Å². The molecule has 0 aromatic heterocycles. The van der Waals surface area contributed by atoms with Crippen LogP contribution in [0.3, 0.4) is 0 Å². The smallest absolute Gasteiger partial charge is 1.00 e. The molecule has 0 amide bonds. The molecule has 0 fully saturated rings. The minimum Gasteiger partial charge on any atom is -1.00 e. The summed E-state index contributed by atoms with van der Waals surface area (Å²) in [5, 5.41) is 0. The van der Waals surface area contributed by atoms with Crippen LogP contribution in [0.1, 0.15) is 0 Å². The van der Waals surface area contributed by atoms with Gasteiger partial charge in [-0.25, -0.2) is 0 Å². The van der Waals surface area contributed by atoms with Crippen molar-refractivity contribution in [2.45, 2.75) is 0 Å². The van der Waals surface area contributed by atoms with Gasteiger partial charge in [-0.05, 0) is 0 Å². The standard InChI is InChI=1S/2ClH.2H2O.Zn/h2*1H;2*1H2;/q;;;;+2/p-2. The molecule has 32 valence electrons. The van der Waals surface area contributed by atoms with E-state index in [1.54, 1.807) is 0 Å². The van der Waals surface area contributed by atoms with Gasteiger partial charge in [-0.1, -0.05) is 0 Å². The molecule has 0 saturated heterocycles. The zero-order valence-electron chi connectivity index (χ0n) is 2.46. The first kappa shape index (κ1) is 127. The molecule has 2 nitrogen and oxygen atoms in total. The summed E-state index contributed by atoms with van der Waals surface area (Å²) < 4.78 is 0. The van der Waals surface area contributed by atoms with Crippen LogP contribution in [0.4, 0.5) is 0 Å². The second-order valence-corrected chi connectivity index (χ2v) is 0. The first-order chi connectivity index (χ1) is 0. The Hall–Kier alpha value is 1.12. The monoisotopic (exact) mass is 170 g/mol. The SMILES string of the molecule is O.O.[Cl-].[Cl-].[Zn+2]. The fourth-order valence-electron chi connectivity index (χ4n) is 0. The molecule has 5 heteroatoms. The molecule has 0 aliphatic carbocycles. The predicted octanol–water partition coefficient (Wildman–Crippen LogP) is -7.64. The molecule has 5 heavy (non-hydrogen) atoms. The van der Waals surface area contributed by atoms with Crippen LogP contribution in [0.15, 0.2) is 0 Å². The van der Waals surface area contributed by atoms with Crippen molar-refractivity contribution in [1.29, 1.82) is 0 Å².